The smallest absolute Gasteiger partial charge is 0.202 e. The fourth-order valence-electron chi connectivity index (χ4n) is 3.68. The first-order chi connectivity index (χ1) is 12.6. The van der Waals surface area contributed by atoms with Crippen LogP contribution in [0.4, 0.5) is 0 Å². The van der Waals surface area contributed by atoms with Crippen LogP contribution in [0.25, 0.3) is 0 Å². The maximum absolute atomic E-state index is 12.6. The second kappa shape index (κ2) is 8.80. The first-order valence-corrected chi connectivity index (χ1v) is 10.8. The van der Waals surface area contributed by atoms with Gasteiger partial charge in [0.15, 0.2) is 0 Å². The third-order valence-electron chi connectivity index (χ3n) is 5.08. The van der Waals surface area contributed by atoms with Crippen molar-refractivity contribution in [3.05, 3.63) is 71.8 Å². The number of piperidine rings is 1. The third kappa shape index (κ3) is 4.93. The lowest BCUT2D eigenvalue weighted by atomic mass is 9.89. The van der Waals surface area contributed by atoms with Crippen molar-refractivity contribution in [1.29, 1.82) is 0 Å². The van der Waals surface area contributed by atoms with E-state index in [4.69, 9.17) is 0 Å². The first-order valence-electron chi connectivity index (χ1n) is 9.41. The molecule has 0 spiro atoms. The second-order valence-corrected chi connectivity index (χ2v) is 8.92. The van der Waals surface area contributed by atoms with E-state index in [1.54, 1.807) is 4.31 Å². The van der Waals surface area contributed by atoms with Crippen LogP contribution in [0.2, 0.25) is 0 Å². The molecule has 2 aromatic rings. The van der Waals surface area contributed by atoms with Gasteiger partial charge in [0.05, 0.1) is 0 Å². The minimum absolute atomic E-state index is 0.181. The van der Waals surface area contributed by atoms with Gasteiger partial charge in [-0.15, -0.1) is 0 Å². The van der Waals surface area contributed by atoms with E-state index in [9.17, 15) is 8.42 Å². The van der Waals surface area contributed by atoms with Crippen LogP contribution in [0.3, 0.4) is 0 Å². The normalized spacial score (nSPS) is 18.9. The van der Waals surface area contributed by atoms with Crippen LogP contribution < -0.4 is 4.72 Å². The van der Waals surface area contributed by atoms with Gasteiger partial charge in [-0.1, -0.05) is 67.6 Å². The minimum atomic E-state index is -3.39. The lowest BCUT2D eigenvalue weighted by Crippen LogP contribution is -2.45. The molecule has 0 aromatic heterocycles. The highest BCUT2D eigenvalue weighted by molar-refractivity contribution is 7.87. The van der Waals surface area contributed by atoms with Gasteiger partial charge in [-0.2, -0.15) is 12.7 Å². The molecule has 3 rings (SSSR count). The molecular weight excluding hydrogens is 344 g/mol. The van der Waals surface area contributed by atoms with Crippen LogP contribution >= 0.6 is 0 Å². The molecule has 26 heavy (non-hydrogen) atoms. The second-order valence-electron chi connectivity index (χ2n) is 7.17. The summed E-state index contributed by atoms with van der Waals surface area (Å²) in [5.74, 6) is 0.613. The lowest BCUT2D eigenvalue weighted by molar-refractivity contribution is 0.278. The number of rotatable bonds is 7. The fourth-order valence-corrected chi connectivity index (χ4v) is 5.06. The molecule has 1 fully saturated rings. The minimum Gasteiger partial charge on any atom is -0.202 e. The van der Waals surface area contributed by atoms with Gasteiger partial charge < -0.3 is 0 Å². The standard InChI is InChI=1S/C21H28N2O2S/c1-18-9-8-16-23(17-18)26(24,25)22-15-14-21(19-10-4-2-5-11-19)20-12-6-3-7-13-20/h2-7,10-13,18,21-22H,8-9,14-17H2,1H3. The molecule has 2 aromatic carbocycles. The van der Waals surface area contributed by atoms with E-state index in [1.807, 2.05) is 36.4 Å². The summed E-state index contributed by atoms with van der Waals surface area (Å²) in [7, 11) is -3.39. The molecule has 0 aliphatic carbocycles. The van der Waals surface area contributed by atoms with E-state index in [0.717, 1.165) is 19.3 Å². The SMILES string of the molecule is CC1CCCN(S(=O)(=O)NCCC(c2ccccc2)c2ccccc2)C1. The number of hydrogen-bond acceptors (Lipinski definition) is 2. The molecule has 0 bridgehead atoms. The Hall–Kier alpha value is -1.69. The van der Waals surface area contributed by atoms with Gasteiger partial charge in [-0.3, -0.25) is 0 Å². The van der Waals surface area contributed by atoms with E-state index >= 15 is 0 Å². The molecule has 1 heterocycles. The van der Waals surface area contributed by atoms with Gasteiger partial charge in [0, 0.05) is 25.6 Å². The molecule has 140 valence electrons. The van der Waals surface area contributed by atoms with Gasteiger partial charge in [0.1, 0.15) is 0 Å². The van der Waals surface area contributed by atoms with Crippen molar-refractivity contribution >= 4 is 10.2 Å². The quantitative estimate of drug-likeness (QED) is 0.804. The van der Waals surface area contributed by atoms with Crippen molar-refractivity contribution in [2.45, 2.75) is 32.1 Å². The Morgan fingerprint density at radius 1 is 1.04 bits per heavy atom. The average Bonchev–Trinajstić information content (AvgIpc) is 2.67. The van der Waals surface area contributed by atoms with E-state index in [1.165, 1.54) is 11.1 Å². The van der Waals surface area contributed by atoms with Crippen molar-refractivity contribution in [2.24, 2.45) is 5.92 Å². The van der Waals surface area contributed by atoms with Crippen molar-refractivity contribution in [3.8, 4) is 0 Å². The predicted molar refractivity (Wildman–Crippen MR) is 106 cm³/mol. The predicted octanol–water partition coefficient (Wildman–Crippen LogP) is 3.77. The largest absolute Gasteiger partial charge is 0.279 e. The zero-order valence-electron chi connectivity index (χ0n) is 15.3. The zero-order chi connectivity index (χ0) is 18.4. The van der Waals surface area contributed by atoms with Crippen LogP contribution in [0.5, 0.6) is 0 Å². The Labute approximate surface area is 157 Å². The molecule has 1 saturated heterocycles. The van der Waals surface area contributed by atoms with E-state index in [2.05, 4.69) is 35.9 Å². The summed E-state index contributed by atoms with van der Waals surface area (Å²) in [5, 5.41) is 0. The topological polar surface area (TPSA) is 49.4 Å². The molecule has 1 aliphatic rings. The Morgan fingerprint density at radius 3 is 2.15 bits per heavy atom. The molecule has 4 nitrogen and oxygen atoms in total. The summed E-state index contributed by atoms with van der Waals surface area (Å²) in [6, 6.07) is 20.6. The van der Waals surface area contributed by atoms with E-state index in [-0.39, 0.29) is 5.92 Å². The number of nitrogens with zero attached hydrogens (tertiary/aromatic N) is 1. The zero-order valence-corrected chi connectivity index (χ0v) is 16.2. The van der Waals surface area contributed by atoms with Crippen molar-refractivity contribution in [3.63, 3.8) is 0 Å². The molecule has 0 saturated carbocycles. The molecule has 1 N–H and O–H groups in total. The van der Waals surface area contributed by atoms with Crippen molar-refractivity contribution < 1.29 is 8.42 Å². The average molecular weight is 373 g/mol. The van der Waals surface area contributed by atoms with Gasteiger partial charge in [-0.25, -0.2) is 4.72 Å². The third-order valence-corrected chi connectivity index (χ3v) is 6.66. The van der Waals surface area contributed by atoms with Gasteiger partial charge in [0.2, 0.25) is 0 Å². The van der Waals surface area contributed by atoms with Crippen LogP contribution in [0.15, 0.2) is 60.7 Å². The highest BCUT2D eigenvalue weighted by Gasteiger charge is 2.27. The van der Waals surface area contributed by atoms with Crippen molar-refractivity contribution in [2.75, 3.05) is 19.6 Å². The fraction of sp³-hybridized carbons (Fsp3) is 0.429. The molecular formula is C21H28N2O2S. The van der Waals surface area contributed by atoms with E-state index < -0.39 is 10.2 Å². The maximum atomic E-state index is 12.6. The Balaban J connectivity index is 1.67. The Kier molecular flexibility index (Phi) is 6.46. The Morgan fingerprint density at radius 2 is 1.62 bits per heavy atom. The number of hydrogen-bond donors (Lipinski definition) is 1. The monoisotopic (exact) mass is 372 g/mol. The number of nitrogens with one attached hydrogen (secondary N) is 1. The Bertz CT molecular complexity index is 739. The van der Waals surface area contributed by atoms with Crippen LogP contribution in [0, 0.1) is 5.92 Å². The summed E-state index contributed by atoms with van der Waals surface area (Å²) in [5.41, 5.74) is 2.42. The van der Waals surface area contributed by atoms with Gasteiger partial charge in [-0.05, 0) is 36.3 Å². The summed E-state index contributed by atoms with van der Waals surface area (Å²) in [4.78, 5) is 0. The summed E-state index contributed by atoms with van der Waals surface area (Å²) < 4.78 is 29.6. The molecule has 1 unspecified atom stereocenters. The van der Waals surface area contributed by atoms with Crippen LogP contribution in [-0.2, 0) is 10.2 Å². The van der Waals surface area contributed by atoms with Crippen molar-refractivity contribution in [1.82, 2.24) is 9.03 Å². The van der Waals surface area contributed by atoms with E-state index in [0.29, 0.717) is 25.6 Å². The van der Waals surface area contributed by atoms with Crippen LogP contribution in [-0.4, -0.2) is 32.4 Å². The summed E-state index contributed by atoms with van der Waals surface area (Å²) >= 11 is 0. The maximum Gasteiger partial charge on any atom is 0.279 e. The number of benzene rings is 2. The van der Waals surface area contributed by atoms with Gasteiger partial charge >= 0.3 is 0 Å². The summed E-state index contributed by atoms with van der Waals surface area (Å²) in [6.07, 6.45) is 2.78. The highest BCUT2D eigenvalue weighted by Crippen LogP contribution is 2.27. The molecule has 0 radical (unpaired) electrons. The summed E-state index contributed by atoms with van der Waals surface area (Å²) in [6.45, 7) is 3.79. The highest BCUT2D eigenvalue weighted by atomic mass is 32.2. The van der Waals surface area contributed by atoms with Gasteiger partial charge in [0.25, 0.3) is 10.2 Å². The molecule has 1 atom stereocenters. The molecule has 0 amide bonds. The molecule has 1 aliphatic heterocycles. The van der Waals surface area contributed by atoms with Crippen LogP contribution in [0.1, 0.15) is 43.2 Å². The lowest BCUT2D eigenvalue weighted by Gasteiger charge is -2.30. The molecule has 5 heteroatoms. The first kappa shape index (κ1) is 19.1.